The molecular weight excluding hydrogens is 191 g/mol. The van der Waals surface area contributed by atoms with Crippen LogP contribution in [0.4, 0.5) is 13.2 Å². The fourth-order valence-corrected chi connectivity index (χ4v) is 1.29. The van der Waals surface area contributed by atoms with Crippen molar-refractivity contribution in [2.45, 2.75) is 0 Å². The number of nitrogens with one attached hydrogen (secondary N) is 1. The summed E-state index contributed by atoms with van der Waals surface area (Å²) < 4.78 is 36.6. The summed E-state index contributed by atoms with van der Waals surface area (Å²) >= 11 is 0. The van der Waals surface area contributed by atoms with Crippen LogP contribution < -0.4 is 0 Å². The first-order valence-electron chi connectivity index (χ1n) is 3.97. The zero-order valence-corrected chi connectivity index (χ0v) is 7.02. The third-order valence-electron chi connectivity index (χ3n) is 1.93. The van der Waals surface area contributed by atoms with Crippen molar-refractivity contribution in [1.82, 2.24) is 4.98 Å². The number of benzene rings is 1. The van der Waals surface area contributed by atoms with Gasteiger partial charge in [-0.05, 0) is 12.1 Å². The Morgan fingerprint density at radius 1 is 1.07 bits per heavy atom. The number of rotatable bonds is 1. The first-order valence-corrected chi connectivity index (χ1v) is 3.97. The summed E-state index contributed by atoms with van der Waals surface area (Å²) in [6.07, 6.45) is -2.31. The van der Waals surface area contributed by atoms with Gasteiger partial charge < -0.3 is 4.98 Å². The van der Waals surface area contributed by atoms with Gasteiger partial charge in [-0.2, -0.15) is 13.2 Å². The molecule has 2 aromatic rings. The number of para-hydroxylation sites is 1. The number of hydrogen-bond acceptors (Lipinski definition) is 0. The molecule has 0 fully saturated rings. The molecule has 0 aliphatic carbocycles. The van der Waals surface area contributed by atoms with Crippen LogP contribution in [0.15, 0.2) is 36.4 Å². The Morgan fingerprint density at radius 2 is 1.79 bits per heavy atom. The van der Waals surface area contributed by atoms with Crippen LogP contribution in [-0.2, 0) is 0 Å². The van der Waals surface area contributed by atoms with Gasteiger partial charge in [0.05, 0.1) is 5.69 Å². The average Bonchev–Trinajstić information content (AvgIpc) is 2.59. The molecule has 0 radical (unpaired) electrons. The minimum atomic E-state index is -2.31. The van der Waals surface area contributed by atoms with Crippen molar-refractivity contribution in [3.05, 3.63) is 42.1 Å². The SMILES string of the molecule is FC(F)=C(F)c1cc2ccccc2[nH]1. The van der Waals surface area contributed by atoms with Crippen molar-refractivity contribution >= 4 is 16.7 Å². The highest BCUT2D eigenvalue weighted by Gasteiger charge is 2.10. The van der Waals surface area contributed by atoms with Crippen LogP contribution in [0, 0.1) is 0 Å². The molecule has 14 heavy (non-hydrogen) atoms. The lowest BCUT2D eigenvalue weighted by molar-refractivity contribution is 0.410. The lowest BCUT2D eigenvalue weighted by Crippen LogP contribution is -1.77. The number of hydrogen-bond donors (Lipinski definition) is 1. The first kappa shape index (κ1) is 8.87. The van der Waals surface area contributed by atoms with E-state index in [1.54, 1.807) is 24.3 Å². The second kappa shape index (κ2) is 3.21. The molecule has 1 N–H and O–H groups in total. The highest BCUT2D eigenvalue weighted by Crippen LogP contribution is 2.24. The van der Waals surface area contributed by atoms with Crippen molar-refractivity contribution < 1.29 is 13.2 Å². The van der Waals surface area contributed by atoms with Gasteiger partial charge >= 0.3 is 6.08 Å². The Morgan fingerprint density at radius 3 is 2.43 bits per heavy atom. The van der Waals surface area contributed by atoms with Gasteiger partial charge in [-0.25, -0.2) is 0 Å². The number of H-pyrrole nitrogens is 1. The minimum Gasteiger partial charge on any atom is -0.352 e. The van der Waals surface area contributed by atoms with E-state index in [0.717, 1.165) is 0 Å². The molecule has 72 valence electrons. The summed E-state index contributed by atoms with van der Waals surface area (Å²) in [5, 5.41) is 0.707. The van der Waals surface area contributed by atoms with E-state index in [0.29, 0.717) is 10.9 Å². The fraction of sp³-hybridized carbons (Fsp3) is 0. The topological polar surface area (TPSA) is 15.8 Å². The third-order valence-corrected chi connectivity index (χ3v) is 1.93. The Hall–Kier alpha value is -1.71. The Labute approximate surface area is 77.9 Å². The van der Waals surface area contributed by atoms with E-state index in [9.17, 15) is 13.2 Å². The van der Waals surface area contributed by atoms with Crippen molar-refractivity contribution in [3.63, 3.8) is 0 Å². The zero-order chi connectivity index (χ0) is 10.1. The molecule has 0 saturated carbocycles. The highest BCUT2D eigenvalue weighted by molar-refractivity contribution is 5.83. The Kier molecular flexibility index (Phi) is 2.04. The van der Waals surface area contributed by atoms with Crippen LogP contribution in [0.5, 0.6) is 0 Å². The van der Waals surface area contributed by atoms with Crippen LogP contribution in [0.3, 0.4) is 0 Å². The summed E-state index contributed by atoms with van der Waals surface area (Å²) in [5.41, 5.74) is 0.449. The number of fused-ring (bicyclic) bond motifs is 1. The van der Waals surface area contributed by atoms with Gasteiger partial charge in [0.2, 0.25) is 5.83 Å². The van der Waals surface area contributed by atoms with E-state index in [1.807, 2.05) is 0 Å². The molecule has 1 aromatic carbocycles. The summed E-state index contributed by atoms with van der Waals surface area (Å²) in [5.74, 6) is -1.50. The second-order valence-corrected chi connectivity index (χ2v) is 2.84. The number of aromatic nitrogens is 1. The second-order valence-electron chi connectivity index (χ2n) is 2.84. The summed E-state index contributed by atoms with van der Waals surface area (Å²) in [4.78, 5) is 2.56. The predicted octanol–water partition coefficient (Wildman–Crippen LogP) is 3.70. The standard InChI is InChI=1S/C10H6F3N/c11-9(10(12)13)8-5-6-3-1-2-4-7(6)14-8/h1-5,14H. The largest absolute Gasteiger partial charge is 0.352 e. The maximum atomic E-state index is 12.8. The maximum absolute atomic E-state index is 12.8. The lowest BCUT2D eigenvalue weighted by Gasteiger charge is -1.88. The summed E-state index contributed by atoms with van der Waals surface area (Å²) in [7, 11) is 0. The van der Waals surface area contributed by atoms with E-state index in [4.69, 9.17) is 0 Å². The number of aromatic amines is 1. The highest BCUT2D eigenvalue weighted by atomic mass is 19.3. The van der Waals surface area contributed by atoms with Gasteiger partial charge in [-0.1, -0.05) is 18.2 Å². The molecule has 0 aliphatic heterocycles. The molecular formula is C10H6F3N. The van der Waals surface area contributed by atoms with Crippen molar-refractivity contribution in [1.29, 1.82) is 0 Å². The summed E-state index contributed by atoms with van der Waals surface area (Å²) in [6.45, 7) is 0. The van der Waals surface area contributed by atoms with E-state index in [2.05, 4.69) is 4.98 Å². The average molecular weight is 197 g/mol. The van der Waals surface area contributed by atoms with Crippen LogP contribution in [0.25, 0.3) is 16.7 Å². The van der Waals surface area contributed by atoms with Crippen LogP contribution in [-0.4, -0.2) is 4.98 Å². The smallest absolute Gasteiger partial charge is 0.307 e. The molecule has 1 heterocycles. The predicted molar refractivity (Wildman–Crippen MR) is 48.5 cm³/mol. The van der Waals surface area contributed by atoms with Gasteiger partial charge in [-0.3, -0.25) is 0 Å². The molecule has 0 amide bonds. The monoisotopic (exact) mass is 197 g/mol. The molecule has 4 heteroatoms. The third kappa shape index (κ3) is 1.39. The summed E-state index contributed by atoms with van der Waals surface area (Å²) in [6, 6.07) is 8.27. The fourth-order valence-electron chi connectivity index (χ4n) is 1.29. The normalized spacial score (nSPS) is 10.5. The van der Waals surface area contributed by atoms with Crippen LogP contribution in [0.2, 0.25) is 0 Å². The van der Waals surface area contributed by atoms with E-state index >= 15 is 0 Å². The minimum absolute atomic E-state index is 0.189. The Bertz CT molecular complexity index is 462. The molecule has 0 spiro atoms. The first-order chi connectivity index (χ1) is 6.68. The van der Waals surface area contributed by atoms with E-state index in [-0.39, 0.29) is 5.69 Å². The van der Waals surface area contributed by atoms with Crippen LogP contribution in [0.1, 0.15) is 5.69 Å². The van der Waals surface area contributed by atoms with E-state index in [1.165, 1.54) is 6.07 Å². The molecule has 0 saturated heterocycles. The molecule has 0 bridgehead atoms. The molecule has 0 atom stereocenters. The molecule has 1 nitrogen and oxygen atoms in total. The maximum Gasteiger partial charge on any atom is 0.307 e. The Balaban J connectivity index is 2.61. The molecule has 0 aliphatic rings. The molecule has 0 unspecified atom stereocenters. The van der Waals surface area contributed by atoms with Crippen molar-refractivity contribution in [3.8, 4) is 0 Å². The van der Waals surface area contributed by atoms with E-state index < -0.39 is 11.9 Å². The van der Waals surface area contributed by atoms with Crippen molar-refractivity contribution in [2.75, 3.05) is 0 Å². The van der Waals surface area contributed by atoms with Gasteiger partial charge in [-0.15, -0.1) is 0 Å². The molecule has 2 rings (SSSR count). The van der Waals surface area contributed by atoms with Crippen molar-refractivity contribution in [2.24, 2.45) is 0 Å². The number of halogens is 3. The zero-order valence-electron chi connectivity index (χ0n) is 7.02. The van der Waals surface area contributed by atoms with Gasteiger partial charge in [0.1, 0.15) is 0 Å². The quantitative estimate of drug-likeness (QED) is 0.717. The van der Waals surface area contributed by atoms with Gasteiger partial charge in [0, 0.05) is 10.9 Å². The van der Waals surface area contributed by atoms with Gasteiger partial charge in [0.15, 0.2) is 0 Å². The van der Waals surface area contributed by atoms with Crippen LogP contribution >= 0.6 is 0 Å². The molecule has 1 aromatic heterocycles. The van der Waals surface area contributed by atoms with Gasteiger partial charge in [0.25, 0.3) is 0 Å². The lowest BCUT2D eigenvalue weighted by atomic mass is 10.2.